The maximum absolute atomic E-state index is 13.0. The van der Waals surface area contributed by atoms with E-state index in [-0.39, 0.29) is 22.1 Å². The normalized spacial score (nSPS) is 11.1. The number of methoxy groups -OCH3 is 1. The zero-order valence-electron chi connectivity index (χ0n) is 14.4. The first-order valence-corrected chi connectivity index (χ1v) is 10.0. The summed E-state index contributed by atoms with van der Waals surface area (Å²) >= 11 is 8.28. The number of nitrogens with zero attached hydrogens (tertiary/aromatic N) is 3. The average Bonchev–Trinajstić information content (AvgIpc) is 3.34. The van der Waals surface area contributed by atoms with Crippen LogP contribution < -0.4 is 5.56 Å². The summed E-state index contributed by atoms with van der Waals surface area (Å²) in [5, 5.41) is 0.979. The van der Waals surface area contributed by atoms with E-state index in [1.54, 1.807) is 36.6 Å². The van der Waals surface area contributed by atoms with Crippen molar-refractivity contribution in [1.82, 2.24) is 14.5 Å². The van der Waals surface area contributed by atoms with Crippen molar-refractivity contribution in [3.63, 3.8) is 0 Å². The van der Waals surface area contributed by atoms with Gasteiger partial charge in [0.15, 0.2) is 19.5 Å². The summed E-state index contributed by atoms with van der Waals surface area (Å²) < 4.78 is 12.1. The number of carbonyl (C=O) groups is 1. The summed E-state index contributed by atoms with van der Waals surface area (Å²) in [4.78, 5) is 33.8. The Bertz CT molecular complexity index is 1220. The van der Waals surface area contributed by atoms with Gasteiger partial charge in [-0.2, -0.15) is 0 Å². The van der Waals surface area contributed by atoms with Crippen LogP contribution in [-0.2, 0) is 11.3 Å². The number of rotatable bonds is 5. The smallest absolute Gasteiger partial charge is 0.351 e. The molecule has 0 radical (unpaired) electrons. The van der Waals surface area contributed by atoms with Crippen LogP contribution in [0.4, 0.5) is 0 Å². The first kappa shape index (κ1) is 18.7. The van der Waals surface area contributed by atoms with Gasteiger partial charge < -0.3 is 9.15 Å². The molecule has 0 spiro atoms. The Labute approximate surface area is 171 Å². The minimum atomic E-state index is -0.561. The highest BCUT2D eigenvalue weighted by molar-refractivity contribution is 8.00. The van der Waals surface area contributed by atoms with Crippen molar-refractivity contribution in [1.29, 1.82) is 0 Å². The fraction of sp³-hybridized carbons (Fsp3) is 0.111. The van der Waals surface area contributed by atoms with Crippen LogP contribution in [0.5, 0.6) is 0 Å². The fourth-order valence-electron chi connectivity index (χ4n) is 2.55. The zero-order chi connectivity index (χ0) is 19.7. The van der Waals surface area contributed by atoms with E-state index in [1.807, 2.05) is 6.07 Å². The van der Waals surface area contributed by atoms with E-state index in [1.165, 1.54) is 11.7 Å². The Balaban J connectivity index is 1.81. The zero-order valence-corrected chi connectivity index (χ0v) is 16.8. The first-order valence-electron chi connectivity index (χ1n) is 8.01. The molecule has 0 aliphatic heterocycles. The van der Waals surface area contributed by atoms with Gasteiger partial charge in [0, 0.05) is 0 Å². The molecule has 0 bridgehead atoms. The van der Waals surface area contributed by atoms with E-state index in [4.69, 9.17) is 20.8 Å². The molecule has 0 N–H and O–H groups in total. The molecule has 28 heavy (non-hydrogen) atoms. The van der Waals surface area contributed by atoms with E-state index < -0.39 is 5.97 Å². The summed E-state index contributed by atoms with van der Waals surface area (Å²) in [6.07, 6.45) is 1.55. The molecule has 0 saturated heterocycles. The van der Waals surface area contributed by atoms with Gasteiger partial charge in [-0.15, -0.1) is 0 Å². The second kappa shape index (κ2) is 7.78. The minimum Gasteiger partial charge on any atom is -0.467 e. The molecule has 0 aliphatic carbocycles. The van der Waals surface area contributed by atoms with Crippen LogP contribution in [0.15, 0.2) is 61.4 Å². The Morgan fingerprint density at radius 3 is 2.86 bits per heavy atom. The molecule has 0 unspecified atom stereocenters. The number of hydrogen-bond donors (Lipinski definition) is 0. The van der Waals surface area contributed by atoms with Crippen molar-refractivity contribution in [3.05, 3.63) is 68.8 Å². The monoisotopic (exact) mass is 433 g/mol. The molecule has 10 heteroatoms. The quantitative estimate of drug-likeness (QED) is 0.346. The Hall–Kier alpha value is -2.62. The Kier molecular flexibility index (Phi) is 5.21. The summed E-state index contributed by atoms with van der Waals surface area (Å²) in [5.74, 6) is 0.0576. The van der Waals surface area contributed by atoms with Crippen LogP contribution in [0, 0.1) is 0 Å². The SMILES string of the molecule is COC(=O)c1sc(Sc2nc3ccccc3c(=O)n2Cc2ccco2)nc1Cl. The summed E-state index contributed by atoms with van der Waals surface area (Å²) in [7, 11) is 1.27. The molecule has 0 fully saturated rings. The maximum Gasteiger partial charge on any atom is 0.351 e. The maximum atomic E-state index is 13.0. The molecule has 3 aromatic heterocycles. The van der Waals surface area contributed by atoms with Crippen molar-refractivity contribution in [2.75, 3.05) is 7.11 Å². The summed E-state index contributed by atoms with van der Waals surface area (Å²) in [6, 6.07) is 10.6. The highest BCUT2D eigenvalue weighted by atomic mass is 35.5. The van der Waals surface area contributed by atoms with Crippen molar-refractivity contribution in [3.8, 4) is 0 Å². The predicted molar refractivity (Wildman–Crippen MR) is 106 cm³/mol. The first-order chi connectivity index (χ1) is 13.6. The number of para-hydroxylation sites is 1. The average molecular weight is 434 g/mol. The number of esters is 1. The third-order valence-corrected chi connectivity index (χ3v) is 6.31. The number of benzene rings is 1. The highest BCUT2D eigenvalue weighted by Gasteiger charge is 2.20. The van der Waals surface area contributed by atoms with Crippen molar-refractivity contribution in [2.45, 2.75) is 16.0 Å². The molecule has 0 amide bonds. The Morgan fingerprint density at radius 1 is 1.29 bits per heavy atom. The van der Waals surface area contributed by atoms with Gasteiger partial charge in [-0.1, -0.05) is 35.1 Å². The molecule has 0 aliphatic rings. The van der Waals surface area contributed by atoms with Crippen molar-refractivity contribution in [2.24, 2.45) is 0 Å². The molecule has 142 valence electrons. The van der Waals surface area contributed by atoms with Crippen molar-refractivity contribution >= 4 is 51.6 Å². The predicted octanol–water partition coefficient (Wildman–Crippen LogP) is 4.09. The standard InChI is InChI=1S/C18H12ClN3O4S2/c1-25-16(24)13-14(19)21-18(27-13)28-17-20-12-7-3-2-6-11(12)15(23)22(17)9-10-5-4-8-26-10/h2-8H,9H2,1H3. The van der Waals surface area contributed by atoms with Crippen LogP contribution >= 0.6 is 34.7 Å². The molecular weight excluding hydrogens is 422 g/mol. The van der Waals surface area contributed by atoms with Crippen LogP contribution in [-0.4, -0.2) is 27.6 Å². The van der Waals surface area contributed by atoms with E-state index in [0.29, 0.717) is 26.2 Å². The lowest BCUT2D eigenvalue weighted by Gasteiger charge is -2.11. The third-order valence-electron chi connectivity index (χ3n) is 3.84. The topological polar surface area (TPSA) is 87.2 Å². The van der Waals surface area contributed by atoms with Crippen LogP contribution in [0.3, 0.4) is 0 Å². The number of halogens is 1. The number of furan rings is 1. The number of aromatic nitrogens is 3. The van der Waals surface area contributed by atoms with Crippen LogP contribution in [0.1, 0.15) is 15.4 Å². The summed E-state index contributed by atoms with van der Waals surface area (Å²) in [6.45, 7) is 0.217. The number of hydrogen-bond acceptors (Lipinski definition) is 8. The van der Waals surface area contributed by atoms with E-state index in [2.05, 4.69) is 9.97 Å². The number of ether oxygens (including phenoxy) is 1. The van der Waals surface area contributed by atoms with Gasteiger partial charge >= 0.3 is 5.97 Å². The molecule has 7 nitrogen and oxygen atoms in total. The second-order valence-corrected chi connectivity index (χ2v) is 8.15. The van der Waals surface area contributed by atoms with E-state index >= 15 is 0 Å². The molecule has 0 atom stereocenters. The van der Waals surface area contributed by atoms with E-state index in [9.17, 15) is 9.59 Å². The van der Waals surface area contributed by atoms with Gasteiger partial charge in [-0.05, 0) is 36.0 Å². The summed E-state index contributed by atoms with van der Waals surface area (Å²) in [5.41, 5.74) is 0.377. The van der Waals surface area contributed by atoms with Gasteiger partial charge in [0.25, 0.3) is 5.56 Å². The lowest BCUT2D eigenvalue weighted by Crippen LogP contribution is -2.23. The Morgan fingerprint density at radius 2 is 2.11 bits per heavy atom. The molecule has 4 aromatic rings. The lowest BCUT2D eigenvalue weighted by molar-refractivity contribution is 0.0606. The molecule has 0 saturated carbocycles. The van der Waals surface area contributed by atoms with Gasteiger partial charge in [-0.3, -0.25) is 9.36 Å². The van der Waals surface area contributed by atoms with Crippen LogP contribution in [0.2, 0.25) is 5.15 Å². The number of carbonyl (C=O) groups excluding carboxylic acids is 1. The number of thiazole rings is 1. The molecule has 1 aromatic carbocycles. The van der Waals surface area contributed by atoms with Gasteiger partial charge in [0.05, 0.1) is 30.8 Å². The molecule has 4 rings (SSSR count). The molecule has 3 heterocycles. The van der Waals surface area contributed by atoms with Gasteiger partial charge in [0.2, 0.25) is 0 Å². The lowest BCUT2D eigenvalue weighted by atomic mass is 10.2. The van der Waals surface area contributed by atoms with Crippen molar-refractivity contribution < 1.29 is 13.9 Å². The second-order valence-electron chi connectivity index (χ2n) is 5.58. The van der Waals surface area contributed by atoms with Crippen LogP contribution in [0.25, 0.3) is 10.9 Å². The third kappa shape index (κ3) is 3.56. The van der Waals surface area contributed by atoms with E-state index in [0.717, 1.165) is 23.1 Å². The number of fused-ring (bicyclic) bond motifs is 1. The highest BCUT2D eigenvalue weighted by Crippen LogP contribution is 2.34. The van der Waals surface area contributed by atoms with Gasteiger partial charge in [-0.25, -0.2) is 14.8 Å². The minimum absolute atomic E-state index is 0.0556. The largest absolute Gasteiger partial charge is 0.467 e. The van der Waals surface area contributed by atoms with Gasteiger partial charge in [0.1, 0.15) is 5.76 Å². The fourth-order valence-corrected chi connectivity index (χ4v) is 4.87. The molecular formula is C18H12ClN3O4S2.